The quantitative estimate of drug-likeness (QED) is 0.350. The first-order chi connectivity index (χ1) is 14.7. The number of rotatable bonds is 7. The van der Waals surface area contributed by atoms with Crippen molar-refractivity contribution in [1.29, 1.82) is 0 Å². The van der Waals surface area contributed by atoms with E-state index in [4.69, 9.17) is 9.72 Å². The second-order valence-corrected chi connectivity index (χ2v) is 8.87. The van der Waals surface area contributed by atoms with Crippen molar-refractivity contribution >= 4 is 17.4 Å². The summed E-state index contributed by atoms with van der Waals surface area (Å²) in [6.45, 7) is 6.60. The number of nitrogens with one attached hydrogen (secondary N) is 1. The summed E-state index contributed by atoms with van der Waals surface area (Å²) in [6, 6.07) is 16.6. The first-order valence-corrected chi connectivity index (χ1v) is 11.6. The fourth-order valence-corrected chi connectivity index (χ4v) is 4.21. The van der Waals surface area contributed by atoms with Crippen LogP contribution in [0.5, 0.6) is 5.88 Å². The lowest BCUT2D eigenvalue weighted by Gasteiger charge is -2.20. The number of fused-ring (bicyclic) bond motifs is 3. The molecule has 4 rings (SSSR count). The van der Waals surface area contributed by atoms with E-state index in [1.807, 2.05) is 24.3 Å². The minimum Gasteiger partial charge on any atom is -0.448 e. The monoisotopic (exact) mass is 420 g/mol. The summed E-state index contributed by atoms with van der Waals surface area (Å²) in [6.07, 6.45) is 3.22. The molecule has 0 saturated carbocycles. The number of unbranched alkanes of at least 4 members (excludes halogenated alkanes) is 2. The SMILES string of the molecule is CCCCCSc1nnc2c(n1)O[C@@H](c1ccc(C(C)C)cc1)Nc1ccccc1-2. The first-order valence-electron chi connectivity index (χ1n) is 10.7. The van der Waals surface area contributed by atoms with Gasteiger partial charge in [0.1, 0.15) is 0 Å². The highest BCUT2D eigenvalue weighted by molar-refractivity contribution is 7.99. The van der Waals surface area contributed by atoms with Gasteiger partial charge in [0.25, 0.3) is 0 Å². The number of aromatic nitrogens is 3. The molecule has 0 saturated heterocycles. The normalized spacial score (nSPS) is 15.0. The molecule has 0 amide bonds. The van der Waals surface area contributed by atoms with Crippen LogP contribution in [0, 0.1) is 0 Å². The van der Waals surface area contributed by atoms with Crippen LogP contribution in [0.15, 0.2) is 53.7 Å². The Morgan fingerprint density at radius 2 is 1.83 bits per heavy atom. The minimum absolute atomic E-state index is 0.344. The average Bonchev–Trinajstić information content (AvgIpc) is 2.93. The second-order valence-electron chi connectivity index (χ2n) is 7.81. The van der Waals surface area contributed by atoms with E-state index in [1.54, 1.807) is 11.8 Å². The van der Waals surface area contributed by atoms with Gasteiger partial charge < -0.3 is 10.1 Å². The van der Waals surface area contributed by atoms with E-state index in [0.29, 0.717) is 22.6 Å². The predicted octanol–water partition coefficient (Wildman–Crippen LogP) is 6.45. The lowest BCUT2D eigenvalue weighted by Crippen LogP contribution is -2.17. The van der Waals surface area contributed by atoms with E-state index in [1.165, 1.54) is 18.4 Å². The van der Waals surface area contributed by atoms with Crippen LogP contribution >= 0.6 is 11.8 Å². The fraction of sp³-hybridized carbons (Fsp3) is 0.375. The van der Waals surface area contributed by atoms with Crippen molar-refractivity contribution in [3.8, 4) is 17.1 Å². The summed E-state index contributed by atoms with van der Waals surface area (Å²) in [5.74, 6) is 2.01. The summed E-state index contributed by atoms with van der Waals surface area (Å²) in [5.41, 5.74) is 4.96. The van der Waals surface area contributed by atoms with Gasteiger partial charge in [0.05, 0.1) is 0 Å². The zero-order valence-electron chi connectivity index (χ0n) is 17.8. The lowest BCUT2D eigenvalue weighted by atomic mass is 10.0. The molecular formula is C24H28N4OS. The van der Waals surface area contributed by atoms with Crippen LogP contribution in [0.4, 0.5) is 5.69 Å². The highest BCUT2D eigenvalue weighted by Gasteiger charge is 2.26. The van der Waals surface area contributed by atoms with Crippen LogP contribution in [-0.2, 0) is 0 Å². The summed E-state index contributed by atoms with van der Waals surface area (Å²) >= 11 is 1.64. The van der Waals surface area contributed by atoms with E-state index in [9.17, 15) is 0 Å². The van der Waals surface area contributed by atoms with E-state index in [-0.39, 0.29) is 6.23 Å². The average molecular weight is 421 g/mol. The molecule has 0 radical (unpaired) electrons. The molecule has 2 heterocycles. The van der Waals surface area contributed by atoms with E-state index < -0.39 is 0 Å². The first kappa shape index (κ1) is 20.7. The Hall–Kier alpha value is -2.60. The van der Waals surface area contributed by atoms with Gasteiger partial charge in [-0.2, -0.15) is 4.98 Å². The molecule has 5 nitrogen and oxygen atoms in total. The topological polar surface area (TPSA) is 59.9 Å². The Morgan fingerprint density at radius 1 is 1.03 bits per heavy atom. The maximum absolute atomic E-state index is 6.36. The van der Waals surface area contributed by atoms with Gasteiger partial charge in [0, 0.05) is 22.6 Å². The molecule has 0 fully saturated rings. The van der Waals surface area contributed by atoms with Crippen molar-refractivity contribution < 1.29 is 4.74 Å². The molecule has 1 aliphatic heterocycles. The van der Waals surface area contributed by atoms with Crippen molar-refractivity contribution in [1.82, 2.24) is 15.2 Å². The summed E-state index contributed by atoms with van der Waals surface area (Å²) in [4.78, 5) is 4.72. The third-order valence-electron chi connectivity index (χ3n) is 5.22. The Balaban J connectivity index is 1.66. The van der Waals surface area contributed by atoms with Gasteiger partial charge in [0.2, 0.25) is 11.0 Å². The summed E-state index contributed by atoms with van der Waals surface area (Å²) in [5, 5.41) is 13.0. The third kappa shape index (κ3) is 4.59. The van der Waals surface area contributed by atoms with Gasteiger partial charge in [-0.3, -0.25) is 0 Å². The molecule has 3 aromatic rings. The molecule has 2 aromatic carbocycles. The Labute approximate surface area is 182 Å². The Bertz CT molecular complexity index is 991. The van der Waals surface area contributed by atoms with Gasteiger partial charge in [-0.05, 0) is 24.0 Å². The van der Waals surface area contributed by atoms with Crippen molar-refractivity contribution in [3.05, 3.63) is 59.7 Å². The maximum Gasteiger partial charge on any atom is 0.247 e. The molecule has 0 unspecified atom stereocenters. The van der Waals surface area contributed by atoms with Crippen molar-refractivity contribution in [2.24, 2.45) is 0 Å². The van der Waals surface area contributed by atoms with Crippen LogP contribution < -0.4 is 10.1 Å². The molecule has 1 aromatic heterocycles. The van der Waals surface area contributed by atoms with Crippen LogP contribution in [0.3, 0.4) is 0 Å². The molecular weight excluding hydrogens is 392 g/mol. The molecule has 0 aliphatic carbocycles. The van der Waals surface area contributed by atoms with Crippen molar-refractivity contribution in [3.63, 3.8) is 0 Å². The predicted molar refractivity (Wildman–Crippen MR) is 123 cm³/mol. The van der Waals surface area contributed by atoms with Gasteiger partial charge in [-0.15, -0.1) is 10.2 Å². The maximum atomic E-state index is 6.36. The standard InChI is InChI=1S/C24H28N4OS/c1-4-5-8-15-30-24-26-23-21(27-28-24)19-9-6-7-10-20(19)25-22(29-23)18-13-11-17(12-14-18)16(2)3/h6-7,9-14,16,22,25H,4-5,8,15H2,1-3H3/t22-/m0/s1. The zero-order valence-corrected chi connectivity index (χ0v) is 18.6. The molecule has 30 heavy (non-hydrogen) atoms. The molecule has 1 N–H and O–H groups in total. The van der Waals surface area contributed by atoms with E-state index in [2.05, 4.69) is 60.6 Å². The molecule has 1 aliphatic rings. The van der Waals surface area contributed by atoms with Gasteiger partial charge in [-0.1, -0.05) is 87.8 Å². The summed E-state index contributed by atoms with van der Waals surface area (Å²) in [7, 11) is 0. The Kier molecular flexibility index (Phi) is 6.53. The molecule has 1 atom stereocenters. The van der Waals surface area contributed by atoms with E-state index >= 15 is 0 Å². The van der Waals surface area contributed by atoms with Crippen LogP contribution in [-0.4, -0.2) is 20.9 Å². The number of hydrogen-bond acceptors (Lipinski definition) is 6. The second kappa shape index (κ2) is 9.47. The zero-order chi connectivity index (χ0) is 20.9. The van der Waals surface area contributed by atoms with Crippen LogP contribution in [0.1, 0.15) is 63.3 Å². The molecule has 156 valence electrons. The number of thioether (sulfide) groups is 1. The number of hydrogen-bond donors (Lipinski definition) is 1. The molecule has 0 bridgehead atoms. The highest BCUT2D eigenvalue weighted by atomic mass is 32.2. The number of anilines is 1. The number of ether oxygens (including phenoxy) is 1. The van der Waals surface area contributed by atoms with Crippen LogP contribution in [0.2, 0.25) is 0 Å². The number of benzene rings is 2. The highest BCUT2D eigenvalue weighted by Crippen LogP contribution is 2.39. The van der Waals surface area contributed by atoms with Gasteiger partial charge in [0.15, 0.2) is 11.9 Å². The van der Waals surface area contributed by atoms with Gasteiger partial charge in [-0.25, -0.2) is 0 Å². The lowest BCUT2D eigenvalue weighted by molar-refractivity contribution is 0.225. The number of nitrogens with zero attached hydrogens (tertiary/aromatic N) is 3. The number of para-hydroxylation sites is 1. The summed E-state index contributed by atoms with van der Waals surface area (Å²) < 4.78 is 6.36. The van der Waals surface area contributed by atoms with Crippen LogP contribution in [0.25, 0.3) is 11.3 Å². The third-order valence-corrected chi connectivity index (χ3v) is 6.14. The molecule has 0 spiro atoms. The van der Waals surface area contributed by atoms with E-state index in [0.717, 1.165) is 29.0 Å². The molecule has 6 heteroatoms. The fourth-order valence-electron chi connectivity index (χ4n) is 3.43. The van der Waals surface area contributed by atoms with Crippen molar-refractivity contribution in [2.75, 3.05) is 11.1 Å². The minimum atomic E-state index is -0.344. The Morgan fingerprint density at radius 3 is 2.60 bits per heavy atom. The smallest absolute Gasteiger partial charge is 0.247 e. The van der Waals surface area contributed by atoms with Gasteiger partial charge >= 0.3 is 0 Å². The van der Waals surface area contributed by atoms with Crippen molar-refractivity contribution in [2.45, 2.75) is 57.3 Å². The largest absolute Gasteiger partial charge is 0.448 e.